The minimum Gasteiger partial charge on any atom is -0.459 e. The van der Waals surface area contributed by atoms with Gasteiger partial charge in [0.25, 0.3) is 5.91 Å². The maximum absolute atomic E-state index is 13.2. The molecule has 4 aliphatic carbocycles. The summed E-state index contributed by atoms with van der Waals surface area (Å²) < 4.78 is 5.09. The summed E-state index contributed by atoms with van der Waals surface area (Å²) in [5, 5.41) is 5.86. The second kappa shape index (κ2) is 6.47. The van der Waals surface area contributed by atoms with Gasteiger partial charge in [0.05, 0.1) is 23.6 Å². The SMILES string of the molecule is Cc1cc(NC(=O)c2ccco2)ncc1NC(=O)C12CC3CC(CC(C3)C1)C2. The van der Waals surface area contributed by atoms with E-state index in [1.54, 1.807) is 24.4 Å². The molecule has 2 aromatic heterocycles. The number of nitrogens with zero attached hydrogens (tertiary/aromatic N) is 1. The van der Waals surface area contributed by atoms with Crippen molar-refractivity contribution in [1.29, 1.82) is 0 Å². The Bertz CT molecular complexity index is 884. The number of carbonyl (C=O) groups excluding carboxylic acids is 2. The number of pyridine rings is 1. The first-order valence-electron chi connectivity index (χ1n) is 10.1. The van der Waals surface area contributed by atoms with Gasteiger partial charge in [-0.15, -0.1) is 0 Å². The van der Waals surface area contributed by atoms with Gasteiger partial charge in [0.1, 0.15) is 5.82 Å². The molecule has 2 amide bonds. The maximum Gasteiger partial charge on any atom is 0.292 e. The summed E-state index contributed by atoms with van der Waals surface area (Å²) in [5.41, 5.74) is 1.41. The molecule has 146 valence electrons. The van der Waals surface area contributed by atoms with Gasteiger partial charge in [0.2, 0.25) is 5.91 Å². The highest BCUT2D eigenvalue weighted by Crippen LogP contribution is 2.60. The van der Waals surface area contributed by atoms with Crippen LogP contribution in [-0.4, -0.2) is 16.8 Å². The van der Waals surface area contributed by atoms with Crippen molar-refractivity contribution in [1.82, 2.24) is 4.98 Å². The van der Waals surface area contributed by atoms with Crippen LogP contribution in [0.4, 0.5) is 11.5 Å². The normalized spacial score (nSPS) is 30.2. The summed E-state index contributed by atoms with van der Waals surface area (Å²) in [6.45, 7) is 1.92. The fourth-order valence-electron chi connectivity index (χ4n) is 5.98. The van der Waals surface area contributed by atoms with E-state index in [0.717, 1.165) is 48.3 Å². The highest BCUT2D eigenvalue weighted by atomic mass is 16.3. The first kappa shape index (κ1) is 17.5. The molecule has 0 unspecified atom stereocenters. The van der Waals surface area contributed by atoms with Gasteiger partial charge < -0.3 is 15.1 Å². The number of aryl methyl sites for hydroxylation is 1. The van der Waals surface area contributed by atoms with E-state index < -0.39 is 0 Å². The summed E-state index contributed by atoms with van der Waals surface area (Å²) in [4.78, 5) is 29.6. The van der Waals surface area contributed by atoms with Crippen LogP contribution >= 0.6 is 0 Å². The van der Waals surface area contributed by atoms with Gasteiger partial charge in [0, 0.05) is 0 Å². The Morgan fingerprint density at radius 1 is 1.11 bits per heavy atom. The molecule has 0 saturated heterocycles. The van der Waals surface area contributed by atoms with Crippen molar-refractivity contribution in [2.24, 2.45) is 23.2 Å². The molecule has 2 N–H and O–H groups in total. The fourth-order valence-corrected chi connectivity index (χ4v) is 5.98. The Morgan fingerprint density at radius 2 is 1.79 bits per heavy atom. The van der Waals surface area contributed by atoms with Gasteiger partial charge in [0.15, 0.2) is 5.76 Å². The number of rotatable bonds is 4. The Morgan fingerprint density at radius 3 is 2.36 bits per heavy atom. The summed E-state index contributed by atoms with van der Waals surface area (Å²) in [5.74, 6) is 2.68. The Labute approximate surface area is 164 Å². The van der Waals surface area contributed by atoms with E-state index in [1.165, 1.54) is 25.5 Å². The molecule has 0 atom stereocenters. The molecule has 0 spiro atoms. The fraction of sp³-hybridized carbons (Fsp3) is 0.500. The lowest BCUT2D eigenvalue weighted by Crippen LogP contribution is -2.51. The standard InChI is InChI=1S/C22H25N3O3/c1-13-5-19(25-20(26)18-3-2-4-28-18)23-12-17(13)24-21(27)22-9-14-6-15(10-22)8-16(7-14)11-22/h2-5,12,14-16H,6-11H2,1H3,(H,24,27)(H,23,25,26). The number of nitrogens with one attached hydrogen (secondary N) is 2. The molecule has 28 heavy (non-hydrogen) atoms. The van der Waals surface area contributed by atoms with Crippen molar-refractivity contribution < 1.29 is 14.0 Å². The smallest absolute Gasteiger partial charge is 0.292 e. The third-order valence-electron chi connectivity index (χ3n) is 6.87. The number of anilines is 2. The third-order valence-corrected chi connectivity index (χ3v) is 6.87. The van der Waals surface area contributed by atoms with Crippen LogP contribution in [0.3, 0.4) is 0 Å². The molecule has 6 nitrogen and oxygen atoms in total. The summed E-state index contributed by atoms with van der Waals surface area (Å²) in [6.07, 6.45) is 10.1. The molecule has 4 aliphatic rings. The van der Waals surface area contributed by atoms with Crippen molar-refractivity contribution >= 4 is 23.3 Å². The lowest BCUT2D eigenvalue weighted by atomic mass is 9.49. The minimum absolute atomic E-state index is 0.156. The van der Waals surface area contributed by atoms with Crippen LogP contribution in [0.15, 0.2) is 35.1 Å². The van der Waals surface area contributed by atoms with Crippen LogP contribution in [-0.2, 0) is 4.79 Å². The van der Waals surface area contributed by atoms with Crippen molar-refractivity contribution in [3.05, 3.63) is 42.0 Å². The monoisotopic (exact) mass is 379 g/mol. The molecule has 4 bridgehead atoms. The van der Waals surface area contributed by atoms with E-state index in [2.05, 4.69) is 15.6 Å². The molecule has 4 saturated carbocycles. The largest absolute Gasteiger partial charge is 0.459 e. The zero-order valence-electron chi connectivity index (χ0n) is 16.0. The number of hydrogen-bond donors (Lipinski definition) is 2. The molecule has 2 aromatic rings. The van der Waals surface area contributed by atoms with Gasteiger partial charge in [-0.2, -0.15) is 0 Å². The number of aromatic nitrogens is 1. The first-order chi connectivity index (χ1) is 13.5. The van der Waals surface area contributed by atoms with E-state index in [-0.39, 0.29) is 23.0 Å². The highest BCUT2D eigenvalue weighted by molar-refractivity contribution is 6.02. The summed E-state index contributed by atoms with van der Waals surface area (Å²) in [6, 6.07) is 5.04. The van der Waals surface area contributed by atoms with Crippen LogP contribution < -0.4 is 10.6 Å². The topological polar surface area (TPSA) is 84.2 Å². The van der Waals surface area contributed by atoms with Gasteiger partial charge in [-0.1, -0.05) is 0 Å². The summed E-state index contributed by atoms with van der Waals surface area (Å²) >= 11 is 0. The molecule has 0 aromatic carbocycles. The zero-order valence-corrected chi connectivity index (χ0v) is 16.0. The number of hydrogen-bond acceptors (Lipinski definition) is 4. The predicted octanol–water partition coefficient (Wildman–Crippen LogP) is 4.39. The number of furan rings is 1. The van der Waals surface area contributed by atoms with Crippen molar-refractivity contribution in [2.75, 3.05) is 10.6 Å². The minimum atomic E-state index is -0.345. The van der Waals surface area contributed by atoms with Gasteiger partial charge in [-0.05, 0) is 87.0 Å². The van der Waals surface area contributed by atoms with E-state index in [9.17, 15) is 9.59 Å². The average Bonchev–Trinajstić information content (AvgIpc) is 3.17. The zero-order chi connectivity index (χ0) is 19.3. The Hall–Kier alpha value is -2.63. The second-order valence-corrected chi connectivity index (χ2v) is 8.97. The lowest BCUT2D eigenvalue weighted by Gasteiger charge is -2.55. The first-order valence-corrected chi connectivity index (χ1v) is 10.1. The molecule has 0 aliphatic heterocycles. The lowest BCUT2D eigenvalue weighted by molar-refractivity contribution is -0.140. The van der Waals surface area contributed by atoms with E-state index >= 15 is 0 Å². The van der Waals surface area contributed by atoms with Gasteiger partial charge >= 0.3 is 0 Å². The van der Waals surface area contributed by atoms with Crippen LogP contribution in [0.25, 0.3) is 0 Å². The number of carbonyl (C=O) groups is 2. The van der Waals surface area contributed by atoms with E-state index in [1.807, 2.05) is 6.92 Å². The average molecular weight is 379 g/mol. The van der Waals surface area contributed by atoms with Crippen LogP contribution in [0.5, 0.6) is 0 Å². The van der Waals surface area contributed by atoms with Gasteiger partial charge in [-0.25, -0.2) is 4.98 Å². The quantitative estimate of drug-likeness (QED) is 0.825. The van der Waals surface area contributed by atoms with Crippen molar-refractivity contribution in [2.45, 2.75) is 45.4 Å². The van der Waals surface area contributed by atoms with Crippen LogP contribution in [0.1, 0.15) is 54.6 Å². The molecule has 2 heterocycles. The Balaban J connectivity index is 1.29. The molecule has 6 heteroatoms. The van der Waals surface area contributed by atoms with Gasteiger partial charge in [-0.3, -0.25) is 9.59 Å². The third kappa shape index (κ3) is 3.01. The Kier molecular flexibility index (Phi) is 4.03. The molecule has 6 rings (SSSR count). The maximum atomic E-state index is 13.2. The second-order valence-electron chi connectivity index (χ2n) is 8.97. The van der Waals surface area contributed by atoms with E-state index in [0.29, 0.717) is 5.82 Å². The van der Waals surface area contributed by atoms with Crippen LogP contribution in [0.2, 0.25) is 0 Å². The number of amides is 2. The molecular formula is C22H25N3O3. The highest BCUT2D eigenvalue weighted by Gasteiger charge is 2.54. The molecule has 4 fully saturated rings. The van der Waals surface area contributed by atoms with Crippen molar-refractivity contribution in [3.8, 4) is 0 Å². The predicted molar refractivity (Wildman–Crippen MR) is 105 cm³/mol. The van der Waals surface area contributed by atoms with Crippen molar-refractivity contribution in [3.63, 3.8) is 0 Å². The summed E-state index contributed by atoms with van der Waals surface area (Å²) in [7, 11) is 0. The van der Waals surface area contributed by atoms with E-state index in [4.69, 9.17) is 4.42 Å². The molecular weight excluding hydrogens is 354 g/mol. The van der Waals surface area contributed by atoms with Crippen LogP contribution in [0, 0.1) is 30.1 Å². The molecule has 0 radical (unpaired) electrons.